The molecule has 3 rings (SSSR count). The van der Waals surface area contributed by atoms with Gasteiger partial charge >= 0.3 is 11.9 Å². The Kier molecular flexibility index (Phi) is 6.95. The van der Waals surface area contributed by atoms with Crippen LogP contribution in [0.2, 0.25) is 0 Å². The van der Waals surface area contributed by atoms with Gasteiger partial charge in [0.15, 0.2) is 12.4 Å². The summed E-state index contributed by atoms with van der Waals surface area (Å²) in [5.41, 5.74) is 7.25. The van der Waals surface area contributed by atoms with Gasteiger partial charge in [-0.1, -0.05) is 0 Å². The van der Waals surface area contributed by atoms with Crippen LogP contribution in [0.4, 0.5) is 5.82 Å². The summed E-state index contributed by atoms with van der Waals surface area (Å²) < 4.78 is 10.2. The smallest absolute Gasteiger partial charge is 0.348 e. The highest BCUT2D eigenvalue weighted by atomic mass is 32.1. The number of amides is 1. The average molecular weight is 449 g/mol. The van der Waals surface area contributed by atoms with Crippen molar-refractivity contribution in [3.8, 4) is 0 Å². The molecule has 0 atom stereocenters. The average Bonchev–Trinajstić information content (AvgIpc) is 3.35. The zero-order chi connectivity index (χ0) is 21.7. The number of nitrogens with two attached hydrogens (primary N) is 1. The summed E-state index contributed by atoms with van der Waals surface area (Å²) in [5.74, 6) is -0.742. The third-order valence-corrected chi connectivity index (χ3v) is 5.93. The molecule has 0 radical (unpaired) electrons. The molecule has 0 saturated heterocycles. The number of nitrogens with one attached hydrogen (secondary N) is 1. The number of ether oxygens (including phenoxy) is 2. The summed E-state index contributed by atoms with van der Waals surface area (Å²) in [4.78, 5) is 45.3. The van der Waals surface area contributed by atoms with E-state index in [9.17, 15) is 14.4 Å². The Morgan fingerprint density at radius 1 is 1.23 bits per heavy atom. The van der Waals surface area contributed by atoms with Crippen LogP contribution in [0.15, 0.2) is 16.8 Å². The second-order valence-corrected chi connectivity index (χ2v) is 7.94. The second kappa shape index (κ2) is 9.63. The number of esters is 2. The lowest BCUT2D eigenvalue weighted by atomic mass is 10.2. The van der Waals surface area contributed by atoms with Gasteiger partial charge in [-0.05, 0) is 30.9 Å². The summed E-state index contributed by atoms with van der Waals surface area (Å²) in [7, 11) is 0. The van der Waals surface area contributed by atoms with Crippen LogP contribution in [0.5, 0.6) is 0 Å². The number of hydrogen-bond acceptors (Lipinski definition) is 10. The summed E-state index contributed by atoms with van der Waals surface area (Å²) in [6, 6.07) is 1.70. The third kappa shape index (κ3) is 4.92. The van der Waals surface area contributed by atoms with Gasteiger partial charge in [-0.2, -0.15) is 11.3 Å². The Bertz CT molecular complexity index is 1080. The van der Waals surface area contributed by atoms with Crippen molar-refractivity contribution in [2.24, 2.45) is 0 Å². The summed E-state index contributed by atoms with van der Waals surface area (Å²) in [5, 5.41) is 6.77. The molecule has 0 saturated carbocycles. The standard InChI is InChI=1S/C19H20N4O5S2/c1-3-27-19(26)15-10(2)14-16(20)22-12(23-18(14)30-15)8-28-13(24)4-6-21-17(25)11-5-7-29-9-11/h5,7,9H,3-4,6,8H2,1-2H3,(H,21,25)(H2,20,22,23). The molecule has 3 aromatic heterocycles. The molecule has 0 aromatic carbocycles. The molecule has 11 heteroatoms. The lowest BCUT2D eigenvalue weighted by Gasteiger charge is -2.06. The summed E-state index contributed by atoms with van der Waals surface area (Å²) >= 11 is 2.58. The highest BCUT2D eigenvalue weighted by Gasteiger charge is 2.20. The van der Waals surface area contributed by atoms with Crippen molar-refractivity contribution in [3.63, 3.8) is 0 Å². The van der Waals surface area contributed by atoms with Crippen LogP contribution < -0.4 is 11.1 Å². The monoisotopic (exact) mass is 448 g/mol. The SMILES string of the molecule is CCOC(=O)c1sc2nc(COC(=O)CCNC(=O)c3ccsc3)nc(N)c2c1C. The van der Waals surface area contributed by atoms with Gasteiger partial charge in [0.25, 0.3) is 5.91 Å². The fraction of sp³-hybridized carbons (Fsp3) is 0.316. The van der Waals surface area contributed by atoms with E-state index in [0.29, 0.717) is 26.2 Å². The second-order valence-electron chi connectivity index (χ2n) is 6.16. The zero-order valence-corrected chi connectivity index (χ0v) is 18.0. The zero-order valence-electron chi connectivity index (χ0n) is 16.4. The van der Waals surface area contributed by atoms with Crippen LogP contribution >= 0.6 is 22.7 Å². The molecule has 3 heterocycles. The lowest BCUT2D eigenvalue weighted by Crippen LogP contribution is -2.26. The molecule has 0 aliphatic heterocycles. The maximum Gasteiger partial charge on any atom is 0.348 e. The Hall–Kier alpha value is -3.05. The highest BCUT2D eigenvalue weighted by molar-refractivity contribution is 7.20. The van der Waals surface area contributed by atoms with Crippen LogP contribution in [0.25, 0.3) is 10.2 Å². The molecule has 158 valence electrons. The highest BCUT2D eigenvalue weighted by Crippen LogP contribution is 2.33. The van der Waals surface area contributed by atoms with E-state index in [4.69, 9.17) is 15.2 Å². The Labute approximate surface area is 180 Å². The number of carbonyl (C=O) groups is 3. The van der Waals surface area contributed by atoms with E-state index in [0.717, 1.165) is 11.3 Å². The van der Waals surface area contributed by atoms with Crippen molar-refractivity contribution in [1.29, 1.82) is 0 Å². The molecule has 0 spiro atoms. The molecule has 0 bridgehead atoms. The topological polar surface area (TPSA) is 134 Å². The van der Waals surface area contributed by atoms with Gasteiger partial charge in [-0.15, -0.1) is 11.3 Å². The third-order valence-electron chi connectivity index (χ3n) is 4.09. The molecule has 9 nitrogen and oxygen atoms in total. The van der Waals surface area contributed by atoms with E-state index in [-0.39, 0.29) is 43.7 Å². The summed E-state index contributed by atoms with van der Waals surface area (Å²) in [6.07, 6.45) is 0.0126. The number of anilines is 1. The van der Waals surface area contributed by atoms with Crippen molar-refractivity contribution in [2.45, 2.75) is 26.9 Å². The first-order chi connectivity index (χ1) is 14.4. The number of aromatic nitrogens is 2. The van der Waals surface area contributed by atoms with Crippen LogP contribution in [0.3, 0.4) is 0 Å². The van der Waals surface area contributed by atoms with E-state index >= 15 is 0 Å². The quantitative estimate of drug-likeness (QED) is 0.503. The predicted molar refractivity (Wildman–Crippen MR) is 114 cm³/mol. The lowest BCUT2D eigenvalue weighted by molar-refractivity contribution is -0.145. The fourth-order valence-electron chi connectivity index (χ4n) is 2.66. The Balaban J connectivity index is 1.58. The van der Waals surface area contributed by atoms with Crippen LogP contribution in [0, 0.1) is 6.92 Å². The van der Waals surface area contributed by atoms with Gasteiger partial charge in [0.05, 0.1) is 18.4 Å². The minimum absolute atomic E-state index is 0.0126. The number of aryl methyl sites for hydroxylation is 1. The van der Waals surface area contributed by atoms with Crippen LogP contribution in [-0.2, 0) is 20.9 Å². The van der Waals surface area contributed by atoms with Gasteiger partial charge < -0.3 is 20.5 Å². The fourth-order valence-corrected chi connectivity index (χ4v) is 4.40. The van der Waals surface area contributed by atoms with E-state index in [2.05, 4.69) is 15.3 Å². The van der Waals surface area contributed by atoms with E-state index < -0.39 is 11.9 Å². The van der Waals surface area contributed by atoms with Gasteiger partial charge in [0, 0.05) is 17.5 Å². The van der Waals surface area contributed by atoms with Gasteiger partial charge in [-0.25, -0.2) is 14.8 Å². The maximum atomic E-state index is 12.1. The minimum atomic E-state index is -0.502. The molecule has 0 fully saturated rings. The first-order valence-electron chi connectivity index (χ1n) is 9.09. The van der Waals surface area contributed by atoms with E-state index in [1.807, 2.05) is 0 Å². The minimum Gasteiger partial charge on any atom is -0.462 e. The first kappa shape index (κ1) is 21.7. The molecule has 0 aliphatic carbocycles. The summed E-state index contributed by atoms with van der Waals surface area (Å²) in [6.45, 7) is 3.75. The molecule has 3 aromatic rings. The van der Waals surface area contributed by atoms with Crippen molar-refractivity contribution in [3.05, 3.63) is 38.7 Å². The number of rotatable bonds is 8. The largest absolute Gasteiger partial charge is 0.462 e. The Morgan fingerprint density at radius 2 is 2.03 bits per heavy atom. The van der Waals surface area contributed by atoms with Crippen LogP contribution in [0.1, 0.15) is 44.8 Å². The van der Waals surface area contributed by atoms with E-state index in [1.54, 1.807) is 30.7 Å². The number of carbonyl (C=O) groups excluding carboxylic acids is 3. The van der Waals surface area contributed by atoms with Crippen molar-refractivity contribution >= 4 is 56.6 Å². The van der Waals surface area contributed by atoms with Crippen LogP contribution in [-0.4, -0.2) is 41.0 Å². The van der Waals surface area contributed by atoms with Gasteiger partial charge in [0.2, 0.25) is 0 Å². The molecular weight excluding hydrogens is 428 g/mol. The molecule has 30 heavy (non-hydrogen) atoms. The maximum absolute atomic E-state index is 12.1. The number of nitrogens with zero attached hydrogens (tertiary/aromatic N) is 2. The number of hydrogen-bond donors (Lipinski definition) is 2. The first-order valence-corrected chi connectivity index (χ1v) is 10.8. The molecule has 0 aliphatic rings. The number of fused-ring (bicyclic) bond motifs is 1. The van der Waals surface area contributed by atoms with Crippen molar-refractivity contribution in [1.82, 2.24) is 15.3 Å². The predicted octanol–water partition coefficient (Wildman–Crippen LogP) is 2.68. The molecule has 1 amide bonds. The Morgan fingerprint density at radius 3 is 2.73 bits per heavy atom. The van der Waals surface area contributed by atoms with Gasteiger partial charge in [-0.3, -0.25) is 9.59 Å². The van der Waals surface area contributed by atoms with E-state index in [1.165, 1.54) is 11.3 Å². The number of nitrogen functional groups attached to an aromatic ring is 1. The molecular formula is C19H20N4O5S2. The van der Waals surface area contributed by atoms with Gasteiger partial charge in [0.1, 0.15) is 15.5 Å². The number of thiophene rings is 2. The van der Waals surface area contributed by atoms with Crippen molar-refractivity contribution in [2.75, 3.05) is 18.9 Å². The molecule has 3 N–H and O–H groups in total. The van der Waals surface area contributed by atoms with Crippen molar-refractivity contribution < 1.29 is 23.9 Å². The molecule has 0 unspecified atom stereocenters. The normalized spacial score (nSPS) is 10.7.